The second-order valence-corrected chi connectivity index (χ2v) is 8.09. The Bertz CT molecular complexity index is 1130. The number of anilines is 2. The Labute approximate surface area is 163 Å². The molecule has 0 radical (unpaired) electrons. The van der Waals surface area contributed by atoms with Crippen LogP contribution < -0.4 is 10.0 Å². The molecule has 0 aliphatic heterocycles. The number of rotatable bonds is 5. The van der Waals surface area contributed by atoms with Gasteiger partial charge in [-0.2, -0.15) is 0 Å². The molecule has 1 heterocycles. The Balaban J connectivity index is 1.73. The number of aromatic nitrogens is 2. The maximum atomic E-state index is 12.5. The lowest BCUT2D eigenvalue weighted by molar-refractivity contribution is 0.102. The average molecular weight is 396 g/mol. The molecule has 7 nitrogen and oxygen atoms in total. The van der Waals surface area contributed by atoms with Gasteiger partial charge in [-0.25, -0.2) is 23.1 Å². The van der Waals surface area contributed by atoms with E-state index in [0.717, 1.165) is 11.1 Å². The van der Waals surface area contributed by atoms with E-state index in [0.29, 0.717) is 16.9 Å². The highest BCUT2D eigenvalue weighted by atomic mass is 32.2. The van der Waals surface area contributed by atoms with Crippen LogP contribution in [-0.4, -0.2) is 24.3 Å². The van der Waals surface area contributed by atoms with E-state index >= 15 is 0 Å². The van der Waals surface area contributed by atoms with Crippen molar-refractivity contribution in [3.63, 3.8) is 0 Å². The van der Waals surface area contributed by atoms with Gasteiger partial charge in [-0.05, 0) is 74.4 Å². The third kappa shape index (κ3) is 4.52. The molecule has 0 saturated carbocycles. The van der Waals surface area contributed by atoms with E-state index in [2.05, 4.69) is 20.0 Å². The molecule has 144 valence electrons. The van der Waals surface area contributed by atoms with Crippen LogP contribution in [0.25, 0.3) is 0 Å². The lowest BCUT2D eigenvalue weighted by atomic mass is 10.1. The molecule has 0 atom stereocenters. The second kappa shape index (κ2) is 7.77. The Hall–Kier alpha value is -3.26. The van der Waals surface area contributed by atoms with Crippen molar-refractivity contribution in [2.24, 2.45) is 0 Å². The Morgan fingerprint density at radius 3 is 2.29 bits per heavy atom. The highest BCUT2D eigenvalue weighted by Gasteiger charge is 2.16. The van der Waals surface area contributed by atoms with Crippen molar-refractivity contribution >= 4 is 27.6 Å². The van der Waals surface area contributed by atoms with Crippen LogP contribution in [0.4, 0.5) is 11.6 Å². The summed E-state index contributed by atoms with van der Waals surface area (Å²) in [5, 5.41) is 2.76. The van der Waals surface area contributed by atoms with Crippen LogP contribution in [-0.2, 0) is 10.0 Å². The normalized spacial score (nSPS) is 11.1. The van der Waals surface area contributed by atoms with Gasteiger partial charge in [-0.15, -0.1) is 0 Å². The predicted octanol–water partition coefficient (Wildman–Crippen LogP) is 3.45. The largest absolute Gasteiger partial charge is 0.322 e. The van der Waals surface area contributed by atoms with Gasteiger partial charge in [0, 0.05) is 23.1 Å². The number of sulfonamides is 1. The van der Waals surface area contributed by atoms with Crippen LogP contribution in [0.15, 0.2) is 59.6 Å². The molecule has 1 aromatic heterocycles. The van der Waals surface area contributed by atoms with Crippen molar-refractivity contribution in [1.29, 1.82) is 0 Å². The van der Waals surface area contributed by atoms with E-state index in [1.54, 1.807) is 19.1 Å². The highest BCUT2D eigenvalue weighted by Crippen LogP contribution is 2.18. The summed E-state index contributed by atoms with van der Waals surface area (Å²) in [6, 6.07) is 13.0. The number of nitrogens with one attached hydrogen (secondary N) is 2. The Kier molecular flexibility index (Phi) is 5.41. The van der Waals surface area contributed by atoms with Crippen molar-refractivity contribution in [3.05, 3.63) is 77.1 Å². The van der Waals surface area contributed by atoms with Crippen LogP contribution in [0.5, 0.6) is 0 Å². The molecule has 0 aliphatic carbocycles. The summed E-state index contributed by atoms with van der Waals surface area (Å²) in [5.74, 6) is -0.253. The van der Waals surface area contributed by atoms with Gasteiger partial charge in [-0.3, -0.25) is 4.79 Å². The van der Waals surface area contributed by atoms with Crippen LogP contribution >= 0.6 is 0 Å². The van der Waals surface area contributed by atoms with Crippen molar-refractivity contribution in [1.82, 2.24) is 9.97 Å². The molecule has 8 heteroatoms. The standard InChI is InChI=1S/C20H20N4O3S/c1-13-4-5-16(12-14(13)2)19(25)23-17-6-8-18(9-7-17)28(26,27)24-20-21-11-10-15(3)22-20/h4-12H,1-3H3,(H,23,25)(H,21,22,24). The second-order valence-electron chi connectivity index (χ2n) is 6.40. The summed E-state index contributed by atoms with van der Waals surface area (Å²) < 4.78 is 27.3. The molecule has 3 rings (SSSR count). The zero-order valence-electron chi connectivity index (χ0n) is 15.7. The number of carbonyl (C=O) groups is 1. The van der Waals surface area contributed by atoms with Gasteiger partial charge in [0.05, 0.1) is 4.90 Å². The number of hydrogen-bond donors (Lipinski definition) is 2. The van der Waals surface area contributed by atoms with Crippen molar-refractivity contribution < 1.29 is 13.2 Å². The summed E-state index contributed by atoms with van der Waals surface area (Å²) in [6.07, 6.45) is 1.48. The molecule has 2 N–H and O–H groups in total. The van der Waals surface area contributed by atoms with Crippen LogP contribution in [0.1, 0.15) is 27.2 Å². The first-order valence-corrected chi connectivity index (χ1v) is 10.0. The summed E-state index contributed by atoms with van der Waals surface area (Å²) in [7, 11) is -3.83. The molecule has 0 aliphatic rings. The first-order chi connectivity index (χ1) is 13.2. The third-order valence-corrected chi connectivity index (χ3v) is 5.56. The van der Waals surface area contributed by atoms with E-state index in [1.807, 2.05) is 26.0 Å². The molecule has 1 amide bonds. The molecule has 0 spiro atoms. The summed E-state index contributed by atoms with van der Waals surface area (Å²) in [6.45, 7) is 5.66. The zero-order chi connectivity index (χ0) is 20.3. The fraction of sp³-hybridized carbons (Fsp3) is 0.150. The van der Waals surface area contributed by atoms with E-state index in [1.165, 1.54) is 30.5 Å². The van der Waals surface area contributed by atoms with E-state index < -0.39 is 10.0 Å². The van der Waals surface area contributed by atoms with Gasteiger partial charge in [0.15, 0.2) is 0 Å². The SMILES string of the molecule is Cc1ccnc(NS(=O)(=O)c2ccc(NC(=O)c3ccc(C)c(C)c3)cc2)n1. The van der Waals surface area contributed by atoms with Crippen molar-refractivity contribution in [3.8, 4) is 0 Å². The first-order valence-electron chi connectivity index (χ1n) is 8.56. The number of benzene rings is 2. The van der Waals surface area contributed by atoms with Gasteiger partial charge in [0.25, 0.3) is 15.9 Å². The van der Waals surface area contributed by atoms with Gasteiger partial charge < -0.3 is 5.32 Å². The minimum atomic E-state index is -3.83. The van der Waals surface area contributed by atoms with E-state index in [-0.39, 0.29) is 16.8 Å². The molecule has 0 fully saturated rings. The number of amides is 1. The monoisotopic (exact) mass is 396 g/mol. The molecular formula is C20H20N4O3S. The van der Waals surface area contributed by atoms with Gasteiger partial charge in [0.1, 0.15) is 0 Å². The molecule has 3 aromatic rings. The zero-order valence-corrected chi connectivity index (χ0v) is 16.5. The minimum Gasteiger partial charge on any atom is -0.322 e. The minimum absolute atomic E-state index is 0.00659. The quantitative estimate of drug-likeness (QED) is 0.688. The van der Waals surface area contributed by atoms with Crippen molar-refractivity contribution in [2.75, 3.05) is 10.0 Å². The highest BCUT2D eigenvalue weighted by molar-refractivity contribution is 7.92. The molecular weight excluding hydrogens is 376 g/mol. The molecule has 0 bridgehead atoms. The molecule has 28 heavy (non-hydrogen) atoms. The third-order valence-electron chi connectivity index (χ3n) is 4.21. The van der Waals surface area contributed by atoms with Gasteiger partial charge in [0.2, 0.25) is 5.95 Å². The molecule has 0 saturated heterocycles. The number of hydrogen-bond acceptors (Lipinski definition) is 5. The molecule has 2 aromatic carbocycles. The summed E-state index contributed by atoms with van der Waals surface area (Å²) in [4.78, 5) is 20.3. The fourth-order valence-corrected chi connectivity index (χ4v) is 3.43. The van der Waals surface area contributed by atoms with Gasteiger partial charge in [-0.1, -0.05) is 6.07 Å². The van der Waals surface area contributed by atoms with Crippen LogP contribution in [0.3, 0.4) is 0 Å². The van der Waals surface area contributed by atoms with Crippen LogP contribution in [0, 0.1) is 20.8 Å². The Morgan fingerprint density at radius 2 is 1.64 bits per heavy atom. The number of carbonyl (C=O) groups excluding carboxylic acids is 1. The Morgan fingerprint density at radius 1 is 0.929 bits per heavy atom. The van der Waals surface area contributed by atoms with E-state index in [4.69, 9.17) is 0 Å². The topological polar surface area (TPSA) is 101 Å². The lowest BCUT2D eigenvalue weighted by Crippen LogP contribution is -2.16. The maximum absolute atomic E-state index is 12.5. The maximum Gasteiger partial charge on any atom is 0.264 e. The van der Waals surface area contributed by atoms with Gasteiger partial charge >= 0.3 is 0 Å². The average Bonchev–Trinajstić information content (AvgIpc) is 2.64. The predicted molar refractivity (Wildman–Crippen MR) is 108 cm³/mol. The fourth-order valence-electron chi connectivity index (χ4n) is 2.48. The van der Waals surface area contributed by atoms with Crippen LogP contribution in [0.2, 0.25) is 0 Å². The first kappa shape index (κ1) is 19.5. The summed E-state index contributed by atoms with van der Waals surface area (Å²) >= 11 is 0. The summed E-state index contributed by atoms with van der Waals surface area (Å²) in [5.41, 5.74) is 3.82. The molecule has 0 unspecified atom stereocenters. The van der Waals surface area contributed by atoms with Crippen molar-refractivity contribution in [2.45, 2.75) is 25.7 Å². The smallest absolute Gasteiger partial charge is 0.264 e. The number of aryl methyl sites for hydroxylation is 3. The van der Waals surface area contributed by atoms with E-state index in [9.17, 15) is 13.2 Å². The lowest BCUT2D eigenvalue weighted by Gasteiger charge is -2.09. The number of nitrogens with zero attached hydrogens (tertiary/aromatic N) is 2.